The molecule has 0 bridgehead atoms. The molecule has 0 spiro atoms. The van der Waals surface area contributed by atoms with Gasteiger partial charge >= 0.3 is 6.18 Å². The number of aromatic nitrogens is 1. The number of carbonyl (C=O) groups excluding carboxylic acids is 1. The molecule has 2 aromatic rings. The first-order valence-corrected chi connectivity index (χ1v) is 9.05. The van der Waals surface area contributed by atoms with Gasteiger partial charge in [0.15, 0.2) is 5.11 Å². The minimum atomic E-state index is -4.62. The van der Waals surface area contributed by atoms with Gasteiger partial charge in [-0.1, -0.05) is 18.2 Å². The summed E-state index contributed by atoms with van der Waals surface area (Å²) < 4.78 is 53.6. The number of pyridine rings is 1. The van der Waals surface area contributed by atoms with Crippen molar-refractivity contribution in [2.24, 2.45) is 0 Å². The molecule has 1 aromatic heterocycles. The lowest BCUT2D eigenvalue weighted by molar-refractivity contribution is -0.137. The number of thiocarbonyl (C=S) groups is 1. The number of rotatable bonds is 4. The minimum absolute atomic E-state index is 0.0583. The predicted octanol–water partition coefficient (Wildman–Crippen LogP) is 3.91. The maximum Gasteiger partial charge on any atom is 0.416 e. The van der Waals surface area contributed by atoms with E-state index in [1.54, 1.807) is 0 Å². The number of amides is 1. The van der Waals surface area contributed by atoms with Crippen LogP contribution in [0.15, 0.2) is 42.6 Å². The summed E-state index contributed by atoms with van der Waals surface area (Å²) in [5.41, 5.74) is -1.27. The Bertz CT molecular complexity index is 883. The molecular weight excluding hydrogens is 394 g/mol. The summed E-state index contributed by atoms with van der Waals surface area (Å²) in [6.45, 7) is 0. The molecule has 148 valence electrons. The zero-order chi connectivity index (χ0) is 20.3. The number of nitrogens with zero attached hydrogens (tertiary/aromatic N) is 1. The van der Waals surface area contributed by atoms with Crippen LogP contribution in [0.5, 0.6) is 0 Å². The van der Waals surface area contributed by atoms with Gasteiger partial charge in [-0.3, -0.25) is 9.78 Å². The van der Waals surface area contributed by atoms with Gasteiger partial charge < -0.3 is 10.6 Å². The molecule has 4 nitrogen and oxygen atoms in total. The monoisotopic (exact) mass is 411 g/mol. The van der Waals surface area contributed by atoms with Crippen molar-refractivity contribution in [1.29, 1.82) is 0 Å². The third-order valence-electron chi connectivity index (χ3n) is 4.56. The summed E-state index contributed by atoms with van der Waals surface area (Å²) in [4.78, 5) is 16.7. The molecule has 1 amide bonds. The Morgan fingerprint density at radius 3 is 2.54 bits per heavy atom. The SMILES string of the molecule is O=C(NC(=S)NC1CCC1)C(c1cc(C(F)(F)F)ccn1)c1ccccc1F. The molecule has 0 aliphatic heterocycles. The summed E-state index contributed by atoms with van der Waals surface area (Å²) in [7, 11) is 0. The lowest BCUT2D eigenvalue weighted by atomic mass is 9.92. The zero-order valence-electron chi connectivity index (χ0n) is 14.6. The van der Waals surface area contributed by atoms with Crippen molar-refractivity contribution in [3.05, 3.63) is 65.2 Å². The Morgan fingerprint density at radius 2 is 1.93 bits per heavy atom. The highest BCUT2D eigenvalue weighted by molar-refractivity contribution is 7.80. The standard InChI is InChI=1S/C19H17F4N3OS/c20-14-7-2-1-6-13(14)16(15-10-11(8-9-24-15)19(21,22)23)17(27)26-18(28)25-12-4-3-5-12/h1-2,6-10,12,16H,3-5H2,(H2,25,26,27,28). The van der Waals surface area contributed by atoms with Crippen molar-refractivity contribution < 1.29 is 22.4 Å². The largest absolute Gasteiger partial charge is 0.416 e. The Labute approximate surface area is 164 Å². The fraction of sp³-hybridized carbons (Fsp3) is 0.316. The van der Waals surface area contributed by atoms with Gasteiger partial charge in [-0.25, -0.2) is 4.39 Å². The third-order valence-corrected chi connectivity index (χ3v) is 4.78. The number of hydrogen-bond acceptors (Lipinski definition) is 3. The lowest BCUT2D eigenvalue weighted by Gasteiger charge is -2.28. The minimum Gasteiger partial charge on any atom is -0.360 e. The number of halogens is 4. The molecule has 3 rings (SSSR count). The van der Waals surface area contributed by atoms with Crippen LogP contribution in [0.2, 0.25) is 0 Å². The van der Waals surface area contributed by atoms with Crippen LogP contribution < -0.4 is 10.6 Å². The highest BCUT2D eigenvalue weighted by atomic mass is 32.1. The molecule has 1 atom stereocenters. The number of alkyl halides is 3. The van der Waals surface area contributed by atoms with Crippen molar-refractivity contribution in [1.82, 2.24) is 15.6 Å². The van der Waals surface area contributed by atoms with Crippen LogP contribution in [0, 0.1) is 5.82 Å². The maximum atomic E-state index is 14.4. The molecule has 1 saturated carbocycles. The van der Waals surface area contributed by atoms with Crippen molar-refractivity contribution in [3.63, 3.8) is 0 Å². The number of carbonyl (C=O) groups is 1. The van der Waals surface area contributed by atoms with Crippen LogP contribution in [-0.4, -0.2) is 22.0 Å². The van der Waals surface area contributed by atoms with Crippen LogP contribution in [-0.2, 0) is 11.0 Å². The maximum absolute atomic E-state index is 14.4. The highest BCUT2D eigenvalue weighted by Gasteiger charge is 2.34. The molecule has 1 aromatic carbocycles. The van der Waals surface area contributed by atoms with Gasteiger partial charge in [-0.05, 0) is 49.7 Å². The van der Waals surface area contributed by atoms with Gasteiger partial charge in [-0.15, -0.1) is 0 Å². The molecule has 1 heterocycles. The van der Waals surface area contributed by atoms with Gasteiger partial charge in [0, 0.05) is 17.8 Å². The first-order valence-electron chi connectivity index (χ1n) is 8.64. The van der Waals surface area contributed by atoms with E-state index in [0.717, 1.165) is 43.7 Å². The molecular formula is C19H17F4N3OS. The molecule has 0 saturated heterocycles. The Balaban J connectivity index is 1.93. The molecule has 0 radical (unpaired) electrons. The first kappa shape index (κ1) is 20.2. The summed E-state index contributed by atoms with van der Waals surface area (Å²) in [5.74, 6) is -2.86. The van der Waals surface area contributed by atoms with Gasteiger partial charge in [0.2, 0.25) is 5.91 Å². The second kappa shape index (κ2) is 8.22. The number of benzene rings is 1. The topological polar surface area (TPSA) is 54.0 Å². The summed E-state index contributed by atoms with van der Waals surface area (Å²) >= 11 is 5.11. The molecule has 1 aliphatic carbocycles. The first-order chi connectivity index (χ1) is 13.3. The summed E-state index contributed by atoms with van der Waals surface area (Å²) in [5, 5.41) is 5.47. The van der Waals surface area contributed by atoms with Gasteiger partial charge in [-0.2, -0.15) is 13.2 Å². The zero-order valence-corrected chi connectivity index (χ0v) is 15.4. The van der Waals surface area contributed by atoms with Crippen LogP contribution in [0.3, 0.4) is 0 Å². The number of nitrogens with one attached hydrogen (secondary N) is 2. The van der Waals surface area contributed by atoms with E-state index in [1.165, 1.54) is 18.2 Å². The van der Waals surface area contributed by atoms with Crippen molar-refractivity contribution in [2.75, 3.05) is 0 Å². The van der Waals surface area contributed by atoms with Crippen molar-refractivity contribution in [2.45, 2.75) is 37.4 Å². The molecule has 2 N–H and O–H groups in total. The molecule has 1 unspecified atom stereocenters. The van der Waals surface area contributed by atoms with Crippen LogP contribution in [0.25, 0.3) is 0 Å². The van der Waals surface area contributed by atoms with E-state index < -0.39 is 29.4 Å². The molecule has 9 heteroatoms. The Hall–Kier alpha value is -2.55. The predicted molar refractivity (Wildman–Crippen MR) is 99.0 cm³/mol. The van der Waals surface area contributed by atoms with E-state index in [0.29, 0.717) is 0 Å². The fourth-order valence-electron chi connectivity index (χ4n) is 2.88. The number of hydrogen-bond donors (Lipinski definition) is 2. The van der Waals surface area contributed by atoms with Crippen molar-refractivity contribution in [3.8, 4) is 0 Å². The second-order valence-electron chi connectivity index (χ2n) is 6.51. The van der Waals surface area contributed by atoms with Crippen LogP contribution >= 0.6 is 12.2 Å². The summed E-state index contributed by atoms with van der Waals surface area (Å²) in [6, 6.07) is 7.10. The van der Waals surface area contributed by atoms with Gasteiger partial charge in [0.1, 0.15) is 11.7 Å². The quantitative estimate of drug-likeness (QED) is 0.592. The van der Waals surface area contributed by atoms with E-state index in [1.807, 2.05) is 0 Å². The average molecular weight is 411 g/mol. The lowest BCUT2D eigenvalue weighted by Crippen LogP contribution is -2.48. The Kier molecular flexibility index (Phi) is 5.93. The van der Waals surface area contributed by atoms with E-state index >= 15 is 0 Å². The fourth-order valence-corrected chi connectivity index (χ4v) is 3.15. The Morgan fingerprint density at radius 1 is 1.21 bits per heavy atom. The summed E-state index contributed by atoms with van der Waals surface area (Å²) in [6.07, 6.45) is -0.774. The van der Waals surface area contributed by atoms with E-state index in [9.17, 15) is 22.4 Å². The van der Waals surface area contributed by atoms with E-state index in [-0.39, 0.29) is 22.4 Å². The molecule has 1 aliphatic rings. The van der Waals surface area contributed by atoms with Crippen molar-refractivity contribution >= 4 is 23.2 Å². The normalized spacial score (nSPS) is 15.4. The smallest absolute Gasteiger partial charge is 0.360 e. The third kappa shape index (κ3) is 4.64. The average Bonchev–Trinajstić information content (AvgIpc) is 2.60. The van der Waals surface area contributed by atoms with E-state index in [4.69, 9.17) is 12.2 Å². The molecule has 28 heavy (non-hydrogen) atoms. The van der Waals surface area contributed by atoms with E-state index in [2.05, 4.69) is 15.6 Å². The highest BCUT2D eigenvalue weighted by Crippen LogP contribution is 2.32. The van der Waals surface area contributed by atoms with Gasteiger partial charge in [0.05, 0.1) is 11.3 Å². The van der Waals surface area contributed by atoms with Crippen LogP contribution in [0.1, 0.15) is 42.0 Å². The van der Waals surface area contributed by atoms with Crippen LogP contribution in [0.4, 0.5) is 17.6 Å². The van der Waals surface area contributed by atoms with Gasteiger partial charge in [0.25, 0.3) is 0 Å². The molecule has 1 fully saturated rings. The second-order valence-corrected chi connectivity index (χ2v) is 6.92.